The van der Waals surface area contributed by atoms with Gasteiger partial charge in [-0.25, -0.2) is 9.78 Å². The number of aryl methyl sites for hydroxylation is 2. The van der Waals surface area contributed by atoms with Gasteiger partial charge in [-0.3, -0.25) is 14.2 Å². The van der Waals surface area contributed by atoms with Crippen molar-refractivity contribution in [2.24, 2.45) is 0 Å². The summed E-state index contributed by atoms with van der Waals surface area (Å²) in [6.45, 7) is 3.42. The summed E-state index contributed by atoms with van der Waals surface area (Å²) in [7, 11) is 0. The van der Waals surface area contributed by atoms with Crippen LogP contribution in [0.25, 0.3) is 21.6 Å². The van der Waals surface area contributed by atoms with Crippen molar-refractivity contribution in [3.8, 4) is 11.4 Å². The van der Waals surface area contributed by atoms with E-state index < -0.39 is 17.4 Å². The highest BCUT2D eigenvalue weighted by Gasteiger charge is 2.21. The van der Waals surface area contributed by atoms with Crippen LogP contribution in [0.2, 0.25) is 5.02 Å². The molecule has 0 unspecified atom stereocenters. The average Bonchev–Trinajstić information content (AvgIpc) is 3.18. The third-order valence-electron chi connectivity index (χ3n) is 5.01. The minimum Gasteiger partial charge on any atom is -0.478 e. The second-order valence-electron chi connectivity index (χ2n) is 7.33. The number of carboxylic acids is 1. The molecule has 0 aliphatic carbocycles. The standard InChI is InChI=1S/C23H18ClN3O4S/c1-12-3-6-14(7-4-12)20-26-21-19(16(11-32-21)23(30)31)22(29)27(20)10-18(28)25-17-9-15(24)8-5-13(17)2/h3-9,11H,10H2,1-2H3,(H,25,28)(H,30,31). The van der Waals surface area contributed by atoms with Gasteiger partial charge in [-0.2, -0.15) is 0 Å². The lowest BCUT2D eigenvalue weighted by Crippen LogP contribution is -2.30. The maximum Gasteiger partial charge on any atom is 0.337 e. The number of fused-ring (bicyclic) bond motifs is 1. The zero-order valence-electron chi connectivity index (χ0n) is 17.2. The molecule has 0 radical (unpaired) electrons. The van der Waals surface area contributed by atoms with E-state index in [0.717, 1.165) is 22.5 Å². The predicted octanol–water partition coefficient (Wildman–Crippen LogP) is 4.73. The minimum atomic E-state index is -1.22. The van der Waals surface area contributed by atoms with Crippen LogP contribution >= 0.6 is 22.9 Å². The first-order valence-electron chi connectivity index (χ1n) is 9.63. The van der Waals surface area contributed by atoms with E-state index in [1.807, 2.05) is 38.1 Å². The first-order valence-corrected chi connectivity index (χ1v) is 10.9. The van der Waals surface area contributed by atoms with Crippen molar-refractivity contribution in [3.05, 3.63) is 79.9 Å². The van der Waals surface area contributed by atoms with Gasteiger partial charge in [0.05, 0.1) is 10.9 Å². The molecule has 9 heteroatoms. The van der Waals surface area contributed by atoms with Gasteiger partial charge in [0.25, 0.3) is 5.56 Å². The molecule has 32 heavy (non-hydrogen) atoms. The number of aromatic nitrogens is 2. The summed E-state index contributed by atoms with van der Waals surface area (Å²) in [6, 6.07) is 12.5. The van der Waals surface area contributed by atoms with E-state index in [-0.39, 0.29) is 17.5 Å². The van der Waals surface area contributed by atoms with Crippen molar-refractivity contribution in [3.63, 3.8) is 0 Å². The number of hydrogen-bond acceptors (Lipinski definition) is 5. The largest absolute Gasteiger partial charge is 0.478 e. The maximum absolute atomic E-state index is 13.4. The average molecular weight is 468 g/mol. The Kier molecular flexibility index (Phi) is 5.82. The number of thiophene rings is 1. The van der Waals surface area contributed by atoms with Crippen LogP contribution in [0.5, 0.6) is 0 Å². The second-order valence-corrected chi connectivity index (χ2v) is 8.63. The summed E-state index contributed by atoms with van der Waals surface area (Å²) in [5, 5.41) is 14.1. The molecule has 2 aromatic carbocycles. The van der Waals surface area contributed by atoms with Gasteiger partial charge < -0.3 is 10.4 Å². The van der Waals surface area contributed by atoms with Gasteiger partial charge in [-0.1, -0.05) is 47.5 Å². The van der Waals surface area contributed by atoms with E-state index in [4.69, 9.17) is 11.6 Å². The molecule has 0 spiro atoms. The van der Waals surface area contributed by atoms with E-state index in [1.165, 1.54) is 9.95 Å². The van der Waals surface area contributed by atoms with Gasteiger partial charge in [0.1, 0.15) is 17.2 Å². The van der Waals surface area contributed by atoms with Crippen LogP contribution in [-0.2, 0) is 11.3 Å². The van der Waals surface area contributed by atoms with Crippen LogP contribution in [0.3, 0.4) is 0 Å². The summed E-state index contributed by atoms with van der Waals surface area (Å²) in [5.74, 6) is -1.39. The molecule has 4 aromatic rings. The molecule has 162 valence electrons. The molecule has 0 aliphatic rings. The number of rotatable bonds is 5. The SMILES string of the molecule is Cc1ccc(-c2nc3scc(C(=O)O)c3c(=O)n2CC(=O)Nc2cc(Cl)ccc2C)cc1. The molecule has 0 aliphatic heterocycles. The highest BCUT2D eigenvalue weighted by molar-refractivity contribution is 7.17. The Hall–Kier alpha value is -3.49. The van der Waals surface area contributed by atoms with Crippen LogP contribution in [-0.4, -0.2) is 26.5 Å². The summed E-state index contributed by atoms with van der Waals surface area (Å²) < 4.78 is 1.21. The lowest BCUT2D eigenvalue weighted by Gasteiger charge is -2.14. The Morgan fingerprint density at radius 2 is 1.88 bits per heavy atom. The van der Waals surface area contributed by atoms with Gasteiger partial charge in [0.15, 0.2) is 0 Å². The number of hydrogen-bond donors (Lipinski definition) is 2. The lowest BCUT2D eigenvalue weighted by atomic mass is 10.1. The maximum atomic E-state index is 13.4. The zero-order chi connectivity index (χ0) is 23.0. The topological polar surface area (TPSA) is 101 Å². The third kappa shape index (κ3) is 4.15. The van der Waals surface area contributed by atoms with Crippen LogP contribution in [0, 0.1) is 13.8 Å². The summed E-state index contributed by atoms with van der Waals surface area (Å²) in [5.41, 5.74) is 2.31. The molecule has 0 fully saturated rings. The van der Waals surface area contributed by atoms with E-state index in [9.17, 15) is 19.5 Å². The third-order valence-corrected chi connectivity index (χ3v) is 6.12. The first kappa shape index (κ1) is 21.7. The number of halogens is 1. The van der Waals surface area contributed by atoms with Crippen molar-refractivity contribution in [1.29, 1.82) is 0 Å². The summed E-state index contributed by atoms with van der Waals surface area (Å²) in [6.07, 6.45) is 0. The summed E-state index contributed by atoms with van der Waals surface area (Å²) in [4.78, 5) is 42.7. The Morgan fingerprint density at radius 3 is 2.56 bits per heavy atom. The molecular formula is C23H18ClN3O4S. The molecule has 2 aromatic heterocycles. The monoisotopic (exact) mass is 467 g/mol. The van der Waals surface area contributed by atoms with Crippen LogP contribution in [0.4, 0.5) is 5.69 Å². The molecule has 2 heterocycles. The van der Waals surface area contributed by atoms with Crippen molar-refractivity contribution >= 4 is 50.7 Å². The van der Waals surface area contributed by atoms with Gasteiger partial charge in [0, 0.05) is 21.7 Å². The van der Waals surface area contributed by atoms with Crippen molar-refractivity contribution in [1.82, 2.24) is 9.55 Å². The molecule has 4 rings (SSSR count). The molecular weight excluding hydrogens is 450 g/mol. The number of carbonyl (C=O) groups is 2. The fraction of sp³-hybridized carbons (Fsp3) is 0.130. The highest BCUT2D eigenvalue weighted by atomic mass is 35.5. The number of aromatic carboxylic acids is 1. The Morgan fingerprint density at radius 1 is 1.16 bits per heavy atom. The fourth-order valence-electron chi connectivity index (χ4n) is 3.31. The molecule has 1 amide bonds. The smallest absolute Gasteiger partial charge is 0.337 e. The van der Waals surface area contributed by atoms with E-state index in [2.05, 4.69) is 10.3 Å². The van der Waals surface area contributed by atoms with Gasteiger partial charge >= 0.3 is 5.97 Å². The first-order chi connectivity index (χ1) is 15.2. The molecule has 0 saturated carbocycles. The number of nitrogens with zero attached hydrogens (tertiary/aromatic N) is 2. The van der Waals surface area contributed by atoms with Gasteiger partial charge in [0.2, 0.25) is 5.91 Å². The van der Waals surface area contributed by atoms with Crippen LogP contribution < -0.4 is 10.9 Å². The van der Waals surface area contributed by atoms with E-state index in [1.54, 1.807) is 18.2 Å². The normalized spacial score (nSPS) is 11.0. The number of carboxylic acid groups (broad SMARTS) is 1. The zero-order valence-corrected chi connectivity index (χ0v) is 18.8. The predicted molar refractivity (Wildman–Crippen MR) is 126 cm³/mol. The highest BCUT2D eigenvalue weighted by Crippen LogP contribution is 2.26. The van der Waals surface area contributed by atoms with Gasteiger partial charge in [-0.05, 0) is 31.5 Å². The van der Waals surface area contributed by atoms with Crippen molar-refractivity contribution in [2.75, 3.05) is 5.32 Å². The van der Waals surface area contributed by atoms with Crippen LogP contribution in [0.15, 0.2) is 52.6 Å². The number of anilines is 1. The number of nitrogens with one attached hydrogen (secondary N) is 1. The lowest BCUT2D eigenvalue weighted by molar-refractivity contribution is -0.116. The molecule has 7 nitrogen and oxygen atoms in total. The number of benzene rings is 2. The number of carbonyl (C=O) groups excluding carboxylic acids is 1. The van der Waals surface area contributed by atoms with Crippen molar-refractivity contribution in [2.45, 2.75) is 20.4 Å². The van der Waals surface area contributed by atoms with Crippen molar-refractivity contribution < 1.29 is 14.7 Å². The minimum absolute atomic E-state index is 0.00917. The Labute approximate surface area is 191 Å². The summed E-state index contributed by atoms with van der Waals surface area (Å²) >= 11 is 7.11. The molecule has 0 saturated heterocycles. The van der Waals surface area contributed by atoms with E-state index in [0.29, 0.717) is 26.9 Å². The molecule has 0 atom stereocenters. The Bertz CT molecular complexity index is 1420. The quantitative estimate of drug-likeness (QED) is 0.441. The number of amides is 1. The fourth-order valence-corrected chi connectivity index (χ4v) is 4.39. The Balaban J connectivity index is 1.83. The van der Waals surface area contributed by atoms with E-state index >= 15 is 0 Å². The van der Waals surface area contributed by atoms with Crippen LogP contribution in [0.1, 0.15) is 21.5 Å². The second kappa shape index (κ2) is 8.57. The molecule has 0 bridgehead atoms. The molecule has 2 N–H and O–H groups in total. The van der Waals surface area contributed by atoms with Gasteiger partial charge in [-0.15, -0.1) is 11.3 Å².